The molecule has 1 N–H and O–H groups in total. The molecule has 0 saturated heterocycles. The summed E-state index contributed by atoms with van der Waals surface area (Å²) in [6.07, 6.45) is -6.04. The van der Waals surface area contributed by atoms with Crippen molar-refractivity contribution in [1.82, 2.24) is 0 Å². The minimum absolute atomic E-state index is 0.00372. The number of aliphatic imine (C=N–C) groups is 1. The Kier molecular flexibility index (Phi) is 4.10. The van der Waals surface area contributed by atoms with Crippen LogP contribution in [-0.4, -0.2) is 42.5 Å². The van der Waals surface area contributed by atoms with Crippen LogP contribution in [0.15, 0.2) is 39.6 Å². The van der Waals surface area contributed by atoms with E-state index in [0.29, 0.717) is 17.3 Å². The van der Waals surface area contributed by atoms with E-state index in [-0.39, 0.29) is 11.7 Å². The molecule has 0 aliphatic carbocycles. The third-order valence-corrected chi connectivity index (χ3v) is 2.58. The molecular formula is C12H10F3N3O3. The highest BCUT2D eigenvalue weighted by atomic mass is 19.4. The number of hydrogen-bond acceptors (Lipinski definition) is 6. The lowest BCUT2D eigenvalue weighted by atomic mass is 10.1. The number of ether oxygens (including phenoxy) is 1. The zero-order valence-corrected chi connectivity index (χ0v) is 10.7. The first-order valence-electron chi connectivity index (χ1n) is 5.67. The van der Waals surface area contributed by atoms with Crippen molar-refractivity contribution < 1.29 is 28.0 Å². The summed E-state index contributed by atoms with van der Waals surface area (Å²) in [6, 6.07) is 6.16. The molecule has 1 unspecified atom stereocenters. The van der Waals surface area contributed by atoms with Crippen molar-refractivity contribution in [1.29, 1.82) is 0 Å². The maximum Gasteiger partial charge on any atom is 0.433 e. The zero-order chi connectivity index (χ0) is 15.5. The summed E-state index contributed by atoms with van der Waals surface area (Å²) in [5.74, 6) is 0.0194. The second kappa shape index (κ2) is 5.81. The Hall–Kier alpha value is -2.58. The van der Waals surface area contributed by atoms with Crippen molar-refractivity contribution >= 4 is 17.9 Å². The first-order chi connectivity index (χ1) is 9.95. The van der Waals surface area contributed by atoms with E-state index in [1.807, 2.05) is 0 Å². The number of hydrogen-bond donors (Lipinski definition) is 1. The standard InChI is InChI=1S/C12H10F3N3O3/c1-20-11(17-19)8-4-2-7(3-5-8)10-16-6-9(21-18-10)12(13,14)15/h2-6,9,19H,1H3. The average molecular weight is 301 g/mol. The van der Waals surface area contributed by atoms with Gasteiger partial charge in [0, 0.05) is 11.1 Å². The van der Waals surface area contributed by atoms with Crippen molar-refractivity contribution in [3.05, 3.63) is 35.4 Å². The van der Waals surface area contributed by atoms with Crippen LogP contribution in [0.2, 0.25) is 0 Å². The van der Waals surface area contributed by atoms with Gasteiger partial charge < -0.3 is 14.8 Å². The van der Waals surface area contributed by atoms with Gasteiger partial charge in [0.1, 0.15) is 0 Å². The van der Waals surface area contributed by atoms with Crippen LogP contribution in [0.5, 0.6) is 0 Å². The van der Waals surface area contributed by atoms with Gasteiger partial charge in [0.25, 0.3) is 12.0 Å². The molecule has 0 spiro atoms. The maximum absolute atomic E-state index is 12.4. The van der Waals surface area contributed by atoms with Crippen molar-refractivity contribution in [2.75, 3.05) is 7.11 Å². The molecule has 0 bridgehead atoms. The molecule has 0 fully saturated rings. The van der Waals surface area contributed by atoms with Gasteiger partial charge in [-0.25, -0.2) is 4.99 Å². The molecule has 21 heavy (non-hydrogen) atoms. The lowest BCUT2D eigenvalue weighted by Crippen LogP contribution is -2.34. The number of benzene rings is 1. The van der Waals surface area contributed by atoms with Crippen LogP contribution in [0.4, 0.5) is 13.2 Å². The molecule has 9 heteroatoms. The largest absolute Gasteiger partial charge is 0.479 e. The van der Waals surface area contributed by atoms with Crippen LogP contribution in [0.25, 0.3) is 0 Å². The first-order valence-corrected chi connectivity index (χ1v) is 5.67. The molecule has 0 saturated carbocycles. The molecule has 1 aromatic rings. The fourth-order valence-corrected chi connectivity index (χ4v) is 1.55. The number of rotatable bonds is 2. The topological polar surface area (TPSA) is 75.8 Å². The van der Waals surface area contributed by atoms with E-state index in [9.17, 15) is 13.2 Å². The third-order valence-electron chi connectivity index (χ3n) is 2.58. The number of methoxy groups -OCH3 is 1. The molecule has 1 heterocycles. The van der Waals surface area contributed by atoms with Crippen molar-refractivity contribution in [2.24, 2.45) is 15.3 Å². The highest BCUT2D eigenvalue weighted by Gasteiger charge is 2.42. The second-order valence-corrected chi connectivity index (χ2v) is 3.95. The molecule has 1 atom stereocenters. The van der Waals surface area contributed by atoms with Crippen LogP contribution in [0, 0.1) is 0 Å². The van der Waals surface area contributed by atoms with Gasteiger partial charge >= 0.3 is 6.18 Å². The summed E-state index contributed by atoms with van der Waals surface area (Å²) >= 11 is 0. The van der Waals surface area contributed by atoms with E-state index in [1.165, 1.54) is 19.2 Å². The van der Waals surface area contributed by atoms with Crippen molar-refractivity contribution in [3.63, 3.8) is 0 Å². The fourth-order valence-electron chi connectivity index (χ4n) is 1.55. The zero-order valence-electron chi connectivity index (χ0n) is 10.7. The molecule has 6 nitrogen and oxygen atoms in total. The van der Waals surface area contributed by atoms with Crippen molar-refractivity contribution in [2.45, 2.75) is 12.3 Å². The Bertz CT molecular complexity index is 594. The normalized spacial score (nSPS) is 19.0. The van der Waals surface area contributed by atoms with E-state index in [1.54, 1.807) is 12.1 Å². The average Bonchev–Trinajstić information content (AvgIpc) is 2.48. The van der Waals surface area contributed by atoms with Gasteiger partial charge in [-0.15, -0.1) is 0 Å². The second-order valence-electron chi connectivity index (χ2n) is 3.95. The van der Waals surface area contributed by atoms with E-state index in [4.69, 9.17) is 9.94 Å². The van der Waals surface area contributed by atoms with Gasteiger partial charge in [0.15, 0.2) is 5.84 Å². The smallest absolute Gasteiger partial charge is 0.433 e. The number of amidine groups is 1. The monoisotopic (exact) mass is 301 g/mol. The van der Waals surface area contributed by atoms with Gasteiger partial charge in [0.05, 0.1) is 13.3 Å². The lowest BCUT2D eigenvalue weighted by Gasteiger charge is -2.17. The van der Waals surface area contributed by atoms with Gasteiger partial charge in [-0.05, 0) is 17.3 Å². The maximum atomic E-state index is 12.4. The number of nitrogens with zero attached hydrogens (tertiary/aromatic N) is 3. The Morgan fingerprint density at radius 1 is 1.33 bits per heavy atom. The van der Waals surface area contributed by atoms with Gasteiger partial charge in [-0.1, -0.05) is 17.3 Å². The third kappa shape index (κ3) is 3.30. The molecular weight excluding hydrogens is 291 g/mol. The fraction of sp³-hybridized carbons (Fsp3) is 0.250. The summed E-state index contributed by atoms with van der Waals surface area (Å²) in [5.41, 5.74) is 0.933. The van der Waals surface area contributed by atoms with Gasteiger partial charge in [-0.3, -0.25) is 0 Å². The predicted molar refractivity (Wildman–Crippen MR) is 67.7 cm³/mol. The van der Waals surface area contributed by atoms with Crippen LogP contribution in [0.1, 0.15) is 11.1 Å². The van der Waals surface area contributed by atoms with E-state index in [2.05, 4.69) is 20.1 Å². The predicted octanol–water partition coefficient (Wildman–Crippen LogP) is 2.16. The SMILES string of the molecule is COC(=NO)c1ccc(C2=NOC(C(F)(F)F)C=N2)cc1. The highest BCUT2D eigenvalue weighted by Crippen LogP contribution is 2.24. The quantitative estimate of drug-likeness (QED) is 0.393. The Morgan fingerprint density at radius 2 is 2.00 bits per heavy atom. The highest BCUT2D eigenvalue weighted by molar-refractivity contribution is 6.04. The minimum atomic E-state index is -4.55. The summed E-state index contributed by atoms with van der Waals surface area (Å²) in [5, 5.41) is 15.0. The summed E-state index contributed by atoms with van der Waals surface area (Å²) < 4.78 is 41.9. The Morgan fingerprint density at radius 3 is 2.43 bits per heavy atom. The number of alkyl halides is 3. The molecule has 0 radical (unpaired) electrons. The lowest BCUT2D eigenvalue weighted by molar-refractivity contribution is -0.196. The van der Waals surface area contributed by atoms with E-state index < -0.39 is 12.3 Å². The van der Waals surface area contributed by atoms with E-state index in [0.717, 1.165) is 0 Å². The summed E-state index contributed by atoms with van der Waals surface area (Å²) in [6.45, 7) is 0. The molecule has 1 aliphatic heterocycles. The van der Waals surface area contributed by atoms with Crippen molar-refractivity contribution in [3.8, 4) is 0 Å². The molecule has 112 valence electrons. The van der Waals surface area contributed by atoms with Gasteiger partial charge in [0.2, 0.25) is 0 Å². The summed E-state index contributed by atoms with van der Waals surface area (Å²) in [4.78, 5) is 7.99. The molecule has 0 aromatic heterocycles. The van der Waals surface area contributed by atoms with Crippen LogP contribution in [-0.2, 0) is 9.57 Å². The molecule has 0 amide bonds. The molecule has 1 aliphatic rings. The number of halogens is 3. The Balaban J connectivity index is 2.15. The molecule has 2 rings (SSSR count). The molecule has 1 aromatic carbocycles. The van der Waals surface area contributed by atoms with E-state index >= 15 is 0 Å². The Labute approximate surface area is 117 Å². The first kappa shape index (κ1) is 14.8. The van der Waals surface area contributed by atoms with Gasteiger partial charge in [-0.2, -0.15) is 13.2 Å². The number of oxime groups is 2. The van der Waals surface area contributed by atoms with Crippen LogP contribution in [0.3, 0.4) is 0 Å². The minimum Gasteiger partial charge on any atom is -0.479 e. The summed E-state index contributed by atoms with van der Waals surface area (Å²) in [7, 11) is 1.34. The van der Waals surface area contributed by atoms with Crippen LogP contribution >= 0.6 is 0 Å². The van der Waals surface area contributed by atoms with Crippen LogP contribution < -0.4 is 0 Å².